The summed E-state index contributed by atoms with van der Waals surface area (Å²) in [5.41, 5.74) is 3.08. The van der Waals surface area contributed by atoms with E-state index in [9.17, 15) is 9.59 Å². The number of anilines is 1. The molecule has 3 N–H and O–H groups in total. The molecule has 1 heterocycles. The van der Waals surface area contributed by atoms with Crippen LogP contribution in [0.15, 0.2) is 53.1 Å². The molecule has 1 radical (unpaired) electrons. The van der Waals surface area contributed by atoms with Crippen LogP contribution in [0.5, 0.6) is 0 Å². The van der Waals surface area contributed by atoms with Gasteiger partial charge < -0.3 is 20.4 Å². The quantitative estimate of drug-likeness (QED) is 0.267. The van der Waals surface area contributed by atoms with Crippen LogP contribution in [0.2, 0.25) is 5.02 Å². The summed E-state index contributed by atoms with van der Waals surface area (Å²) in [4.78, 5) is 23.7. The van der Waals surface area contributed by atoms with Crippen molar-refractivity contribution in [2.45, 2.75) is 25.4 Å². The third kappa shape index (κ3) is 6.49. The smallest absolute Gasteiger partial charge is 0.291 e. The Bertz CT molecular complexity index is 1060. The van der Waals surface area contributed by atoms with Gasteiger partial charge in [-0.2, -0.15) is 0 Å². The fraction of sp³-hybridized carbons (Fsp3) is 0.238. The van der Waals surface area contributed by atoms with Crippen molar-refractivity contribution < 1.29 is 14.7 Å². The molecule has 1 aromatic heterocycles. The molecule has 1 unspecified atom stereocenters. The zero-order chi connectivity index (χ0) is 22.9. The first-order valence-electron chi connectivity index (χ1n) is 9.89. The van der Waals surface area contributed by atoms with Crippen LogP contribution in [0, 0.1) is 0 Å². The summed E-state index contributed by atoms with van der Waals surface area (Å²) in [5, 5.41) is 23.2. The second kappa shape index (κ2) is 11.9. The first-order chi connectivity index (χ1) is 15.5. The highest BCUT2D eigenvalue weighted by Gasteiger charge is 2.20. The van der Waals surface area contributed by atoms with Crippen molar-refractivity contribution in [3.05, 3.63) is 63.7 Å². The molecular formula is C21H21BBrClN5O3. The number of aromatic nitrogens is 3. The number of nitrogens with one attached hydrogen (secondary N) is 2. The predicted molar refractivity (Wildman–Crippen MR) is 128 cm³/mol. The summed E-state index contributed by atoms with van der Waals surface area (Å²) in [5.74, 6) is -0.304. The Morgan fingerprint density at radius 1 is 1.28 bits per heavy atom. The topological polar surface area (TPSA) is 109 Å². The van der Waals surface area contributed by atoms with Gasteiger partial charge in [0, 0.05) is 33.9 Å². The number of hydrogen-bond donors (Lipinski definition) is 3. The lowest BCUT2D eigenvalue weighted by Gasteiger charge is -2.18. The normalized spacial score (nSPS) is 11.7. The minimum atomic E-state index is -0.698. The van der Waals surface area contributed by atoms with Crippen molar-refractivity contribution in [3.8, 4) is 11.3 Å². The number of nitrogens with zero attached hydrogens (tertiary/aromatic N) is 3. The van der Waals surface area contributed by atoms with Crippen LogP contribution in [0.1, 0.15) is 12.0 Å². The Labute approximate surface area is 199 Å². The molecule has 0 bridgehead atoms. The molecule has 1 atom stereocenters. The lowest BCUT2D eigenvalue weighted by molar-refractivity contribution is -0.117. The SMILES string of the molecule is O=C[B]NC(Cc1cc(Br)ccc1Cl)C(=O)Nc1ccc(-c2cnnn2CCCO)cc1. The van der Waals surface area contributed by atoms with Gasteiger partial charge in [-0.3, -0.25) is 4.79 Å². The summed E-state index contributed by atoms with van der Waals surface area (Å²) < 4.78 is 2.57. The highest BCUT2D eigenvalue weighted by Crippen LogP contribution is 2.23. The van der Waals surface area contributed by atoms with E-state index in [0.717, 1.165) is 21.3 Å². The minimum Gasteiger partial charge on any atom is -0.396 e. The largest absolute Gasteiger partial charge is 0.396 e. The molecule has 0 aliphatic carbocycles. The van der Waals surface area contributed by atoms with Gasteiger partial charge in [-0.05, 0) is 48.7 Å². The number of aliphatic hydroxyl groups is 1. The molecule has 0 aliphatic rings. The molecule has 165 valence electrons. The van der Waals surface area contributed by atoms with Gasteiger partial charge in [0.1, 0.15) is 0 Å². The maximum atomic E-state index is 12.9. The zero-order valence-electron chi connectivity index (χ0n) is 17.0. The summed E-state index contributed by atoms with van der Waals surface area (Å²) in [6, 6.07) is 12.0. The third-order valence-corrected chi connectivity index (χ3v) is 5.57. The van der Waals surface area contributed by atoms with Gasteiger partial charge in [0.05, 0.1) is 24.1 Å². The lowest BCUT2D eigenvalue weighted by atomic mass is 9.93. The van der Waals surface area contributed by atoms with E-state index in [0.29, 0.717) is 36.3 Å². The second-order valence-electron chi connectivity index (χ2n) is 6.95. The number of benzene rings is 2. The average molecular weight is 518 g/mol. The molecule has 0 saturated heterocycles. The molecule has 0 fully saturated rings. The summed E-state index contributed by atoms with van der Waals surface area (Å²) in [6.45, 7) is 0.634. The van der Waals surface area contributed by atoms with E-state index in [-0.39, 0.29) is 12.5 Å². The van der Waals surface area contributed by atoms with Crippen LogP contribution in [-0.4, -0.2) is 52.3 Å². The molecule has 3 aromatic rings. The number of rotatable bonds is 11. The minimum absolute atomic E-state index is 0.0755. The van der Waals surface area contributed by atoms with E-state index in [1.807, 2.05) is 24.3 Å². The van der Waals surface area contributed by atoms with Gasteiger partial charge >= 0.3 is 0 Å². The maximum absolute atomic E-state index is 12.9. The summed E-state index contributed by atoms with van der Waals surface area (Å²) >= 11 is 9.67. The van der Waals surface area contributed by atoms with Gasteiger partial charge in [-0.15, -0.1) is 5.10 Å². The Hall–Kier alpha value is -2.53. The zero-order valence-corrected chi connectivity index (χ0v) is 19.4. The van der Waals surface area contributed by atoms with E-state index >= 15 is 0 Å². The lowest BCUT2D eigenvalue weighted by Crippen LogP contribution is -2.44. The van der Waals surface area contributed by atoms with E-state index < -0.39 is 6.04 Å². The molecule has 0 saturated carbocycles. The fourth-order valence-electron chi connectivity index (χ4n) is 3.12. The maximum Gasteiger partial charge on any atom is 0.291 e. The van der Waals surface area contributed by atoms with Crippen LogP contribution in [0.3, 0.4) is 0 Å². The van der Waals surface area contributed by atoms with Crippen molar-refractivity contribution in [3.63, 3.8) is 0 Å². The van der Waals surface area contributed by atoms with Crippen LogP contribution >= 0.6 is 27.5 Å². The van der Waals surface area contributed by atoms with Crippen molar-refractivity contribution >= 4 is 52.7 Å². The molecule has 3 rings (SSSR count). The Kier molecular flexibility index (Phi) is 8.98. The predicted octanol–water partition coefficient (Wildman–Crippen LogP) is 2.69. The van der Waals surface area contributed by atoms with Crippen LogP contribution < -0.4 is 10.5 Å². The van der Waals surface area contributed by atoms with Crippen molar-refractivity contribution in [1.29, 1.82) is 0 Å². The first-order valence-corrected chi connectivity index (χ1v) is 11.1. The van der Waals surface area contributed by atoms with Crippen LogP contribution in [0.4, 0.5) is 5.69 Å². The standard InChI is InChI=1S/C21H21BBrClN5O3/c23-16-4-7-18(24)15(10-16)11-19(27-22-13-31)21(32)26-17-5-2-14(3-6-17)20-12-25-28-29(20)8-1-9-30/h2-7,10,12-13,19,27,30H,1,8-9,11H2,(H,26,32). The fourth-order valence-corrected chi connectivity index (χ4v) is 3.73. The Morgan fingerprint density at radius 3 is 2.78 bits per heavy atom. The number of aliphatic hydroxyl groups excluding tert-OH is 1. The third-order valence-electron chi connectivity index (χ3n) is 4.71. The summed E-state index contributed by atoms with van der Waals surface area (Å²) in [6.07, 6.45) is 3.12. The highest BCUT2D eigenvalue weighted by molar-refractivity contribution is 9.10. The molecular weight excluding hydrogens is 496 g/mol. The number of amides is 1. The number of hydrogen-bond acceptors (Lipinski definition) is 6. The van der Waals surface area contributed by atoms with Crippen LogP contribution in [0.25, 0.3) is 11.3 Å². The van der Waals surface area contributed by atoms with Gasteiger partial charge in [0.15, 0.2) is 0 Å². The monoisotopic (exact) mass is 516 g/mol. The van der Waals surface area contributed by atoms with Gasteiger partial charge in [-0.25, -0.2) is 4.68 Å². The van der Waals surface area contributed by atoms with Crippen molar-refractivity contribution in [2.24, 2.45) is 0 Å². The molecule has 0 spiro atoms. The Morgan fingerprint density at radius 2 is 2.06 bits per heavy atom. The van der Waals surface area contributed by atoms with Gasteiger partial charge in [-0.1, -0.05) is 44.9 Å². The van der Waals surface area contributed by atoms with E-state index in [4.69, 9.17) is 16.7 Å². The van der Waals surface area contributed by atoms with E-state index in [1.54, 1.807) is 29.1 Å². The molecule has 2 aromatic carbocycles. The molecule has 11 heteroatoms. The number of halogens is 2. The molecule has 32 heavy (non-hydrogen) atoms. The molecule has 0 aliphatic heterocycles. The summed E-state index contributed by atoms with van der Waals surface area (Å²) in [7, 11) is 1.19. The van der Waals surface area contributed by atoms with Gasteiger partial charge in [0.25, 0.3) is 7.41 Å². The highest BCUT2D eigenvalue weighted by atomic mass is 79.9. The van der Waals surface area contributed by atoms with Crippen molar-refractivity contribution in [2.75, 3.05) is 11.9 Å². The average Bonchev–Trinajstić information content (AvgIpc) is 3.26. The molecule has 8 nitrogen and oxygen atoms in total. The second-order valence-corrected chi connectivity index (χ2v) is 8.27. The number of aryl methyl sites for hydroxylation is 1. The number of carbonyl (C=O) groups excluding carboxylic acids is 2. The van der Waals surface area contributed by atoms with E-state index in [1.165, 1.54) is 7.41 Å². The van der Waals surface area contributed by atoms with E-state index in [2.05, 4.69) is 36.8 Å². The Balaban J connectivity index is 1.71. The first kappa shape index (κ1) is 24.1. The van der Waals surface area contributed by atoms with Gasteiger partial charge in [0.2, 0.25) is 5.91 Å². The van der Waals surface area contributed by atoms with Crippen LogP contribution in [-0.2, 0) is 22.6 Å². The number of carbonyl (C=O) groups is 2. The van der Waals surface area contributed by atoms with Crippen molar-refractivity contribution in [1.82, 2.24) is 20.2 Å². The molecule has 1 amide bonds.